The molecule has 2 N–H and O–H groups in total. The van der Waals surface area contributed by atoms with E-state index in [1.807, 2.05) is 11.7 Å². The molecule has 16 heavy (non-hydrogen) atoms. The van der Waals surface area contributed by atoms with Crippen molar-refractivity contribution in [2.45, 2.75) is 33.4 Å². The highest BCUT2D eigenvalue weighted by Gasteiger charge is 2.27. The van der Waals surface area contributed by atoms with Crippen molar-refractivity contribution in [1.82, 2.24) is 14.7 Å². The SMILES string of the molecule is Cc1nn(C)c(C)c1CN1CC(C)C(N)C1. The first kappa shape index (κ1) is 11.6. The van der Waals surface area contributed by atoms with Crippen LogP contribution in [0.1, 0.15) is 23.9 Å². The third-order valence-electron chi connectivity index (χ3n) is 3.79. The number of likely N-dealkylation sites (tertiary alicyclic amines) is 1. The van der Waals surface area contributed by atoms with E-state index in [-0.39, 0.29) is 0 Å². The highest BCUT2D eigenvalue weighted by molar-refractivity contribution is 5.24. The number of hydrogen-bond acceptors (Lipinski definition) is 3. The van der Waals surface area contributed by atoms with Gasteiger partial charge in [-0.25, -0.2) is 0 Å². The van der Waals surface area contributed by atoms with Crippen LogP contribution >= 0.6 is 0 Å². The Morgan fingerprint density at radius 1 is 1.38 bits per heavy atom. The summed E-state index contributed by atoms with van der Waals surface area (Å²) in [7, 11) is 2.00. The van der Waals surface area contributed by atoms with E-state index in [1.54, 1.807) is 0 Å². The van der Waals surface area contributed by atoms with Crippen LogP contribution in [-0.4, -0.2) is 33.8 Å². The molecule has 90 valence electrons. The van der Waals surface area contributed by atoms with Crippen molar-refractivity contribution >= 4 is 0 Å². The lowest BCUT2D eigenvalue weighted by atomic mass is 10.1. The molecule has 0 bridgehead atoms. The molecule has 0 aliphatic carbocycles. The summed E-state index contributed by atoms with van der Waals surface area (Å²) >= 11 is 0. The molecule has 2 heterocycles. The summed E-state index contributed by atoms with van der Waals surface area (Å²) in [5, 5.41) is 4.45. The Morgan fingerprint density at radius 2 is 2.06 bits per heavy atom. The Morgan fingerprint density at radius 3 is 2.50 bits per heavy atom. The second kappa shape index (κ2) is 4.18. The van der Waals surface area contributed by atoms with Gasteiger partial charge in [0.1, 0.15) is 0 Å². The molecule has 1 aliphatic heterocycles. The second-order valence-corrected chi connectivity index (χ2v) is 5.11. The average Bonchev–Trinajstić information content (AvgIpc) is 2.63. The molecule has 0 radical (unpaired) electrons. The van der Waals surface area contributed by atoms with Crippen LogP contribution in [-0.2, 0) is 13.6 Å². The fourth-order valence-electron chi connectivity index (χ4n) is 2.49. The molecule has 0 amide bonds. The second-order valence-electron chi connectivity index (χ2n) is 5.11. The lowest BCUT2D eigenvalue weighted by molar-refractivity contribution is 0.317. The number of aryl methyl sites for hydroxylation is 2. The fraction of sp³-hybridized carbons (Fsp3) is 0.750. The maximum atomic E-state index is 6.04. The van der Waals surface area contributed by atoms with Crippen molar-refractivity contribution in [3.05, 3.63) is 17.0 Å². The zero-order valence-corrected chi connectivity index (χ0v) is 10.7. The van der Waals surface area contributed by atoms with Crippen molar-refractivity contribution in [1.29, 1.82) is 0 Å². The zero-order valence-electron chi connectivity index (χ0n) is 10.7. The Kier molecular flexibility index (Phi) is 3.04. The maximum absolute atomic E-state index is 6.04. The Labute approximate surface area is 97.4 Å². The predicted octanol–water partition coefficient (Wildman–Crippen LogP) is 0.816. The summed E-state index contributed by atoms with van der Waals surface area (Å²) in [5.74, 6) is 0.609. The first-order valence-corrected chi connectivity index (χ1v) is 5.96. The largest absolute Gasteiger partial charge is 0.326 e. The third-order valence-corrected chi connectivity index (χ3v) is 3.79. The van der Waals surface area contributed by atoms with E-state index < -0.39 is 0 Å². The van der Waals surface area contributed by atoms with E-state index in [0.717, 1.165) is 25.3 Å². The van der Waals surface area contributed by atoms with Gasteiger partial charge in [0.05, 0.1) is 5.69 Å². The molecular formula is C12H22N4. The standard InChI is InChI=1S/C12H22N4/c1-8-5-16(7-12(8)13)6-11-9(2)14-15(4)10(11)3/h8,12H,5-7,13H2,1-4H3. The van der Waals surface area contributed by atoms with Crippen LogP contribution in [0.5, 0.6) is 0 Å². The van der Waals surface area contributed by atoms with E-state index >= 15 is 0 Å². The van der Waals surface area contributed by atoms with Gasteiger partial charge in [0.2, 0.25) is 0 Å². The van der Waals surface area contributed by atoms with Gasteiger partial charge in [-0.15, -0.1) is 0 Å². The van der Waals surface area contributed by atoms with Crippen molar-refractivity contribution in [3.63, 3.8) is 0 Å². The lowest BCUT2D eigenvalue weighted by Gasteiger charge is -2.15. The normalized spacial score (nSPS) is 26.6. The molecular weight excluding hydrogens is 200 g/mol. The molecule has 1 fully saturated rings. The van der Waals surface area contributed by atoms with Crippen LogP contribution in [0, 0.1) is 19.8 Å². The van der Waals surface area contributed by atoms with Gasteiger partial charge >= 0.3 is 0 Å². The zero-order chi connectivity index (χ0) is 11.9. The van der Waals surface area contributed by atoms with Gasteiger partial charge in [-0.3, -0.25) is 9.58 Å². The van der Waals surface area contributed by atoms with Crippen LogP contribution in [0.15, 0.2) is 0 Å². The molecule has 0 saturated carbocycles. The van der Waals surface area contributed by atoms with Crippen molar-refractivity contribution < 1.29 is 0 Å². The smallest absolute Gasteiger partial charge is 0.0641 e. The maximum Gasteiger partial charge on any atom is 0.0641 e. The summed E-state index contributed by atoms with van der Waals surface area (Å²) in [4.78, 5) is 2.44. The van der Waals surface area contributed by atoms with Crippen molar-refractivity contribution in [3.8, 4) is 0 Å². The quantitative estimate of drug-likeness (QED) is 0.806. The topological polar surface area (TPSA) is 47.1 Å². The average molecular weight is 222 g/mol. The van der Waals surface area contributed by atoms with E-state index in [2.05, 4.69) is 30.8 Å². The van der Waals surface area contributed by atoms with Gasteiger partial charge in [-0.2, -0.15) is 5.10 Å². The van der Waals surface area contributed by atoms with E-state index in [9.17, 15) is 0 Å². The van der Waals surface area contributed by atoms with Gasteiger partial charge in [0.15, 0.2) is 0 Å². The lowest BCUT2D eigenvalue weighted by Crippen LogP contribution is -2.28. The minimum atomic E-state index is 0.331. The first-order valence-electron chi connectivity index (χ1n) is 5.96. The molecule has 4 nitrogen and oxygen atoms in total. The molecule has 1 aromatic heterocycles. The number of rotatable bonds is 2. The molecule has 2 unspecified atom stereocenters. The minimum Gasteiger partial charge on any atom is -0.326 e. The van der Waals surface area contributed by atoms with Crippen LogP contribution in [0.2, 0.25) is 0 Å². The van der Waals surface area contributed by atoms with Gasteiger partial charge in [0, 0.05) is 44.0 Å². The van der Waals surface area contributed by atoms with Gasteiger partial charge in [-0.05, 0) is 19.8 Å². The van der Waals surface area contributed by atoms with Crippen LogP contribution in [0.25, 0.3) is 0 Å². The number of nitrogens with two attached hydrogens (primary N) is 1. The van der Waals surface area contributed by atoms with Crippen LogP contribution in [0.3, 0.4) is 0 Å². The fourth-order valence-corrected chi connectivity index (χ4v) is 2.49. The molecule has 1 saturated heterocycles. The first-order chi connectivity index (χ1) is 7.49. The molecule has 0 aromatic carbocycles. The summed E-state index contributed by atoms with van der Waals surface area (Å²) < 4.78 is 1.96. The van der Waals surface area contributed by atoms with E-state index in [1.165, 1.54) is 11.3 Å². The number of aromatic nitrogens is 2. The van der Waals surface area contributed by atoms with Gasteiger partial charge < -0.3 is 5.73 Å². The van der Waals surface area contributed by atoms with Crippen molar-refractivity contribution in [2.75, 3.05) is 13.1 Å². The summed E-state index contributed by atoms with van der Waals surface area (Å²) in [6, 6.07) is 0.331. The molecule has 1 aliphatic rings. The van der Waals surface area contributed by atoms with E-state index in [0.29, 0.717) is 12.0 Å². The highest BCUT2D eigenvalue weighted by Crippen LogP contribution is 2.20. The number of nitrogens with zero attached hydrogens (tertiary/aromatic N) is 3. The van der Waals surface area contributed by atoms with Crippen LogP contribution in [0.4, 0.5) is 0 Å². The monoisotopic (exact) mass is 222 g/mol. The van der Waals surface area contributed by atoms with Crippen LogP contribution < -0.4 is 5.73 Å². The number of hydrogen-bond donors (Lipinski definition) is 1. The van der Waals surface area contributed by atoms with Gasteiger partial charge in [-0.1, -0.05) is 6.92 Å². The molecule has 2 rings (SSSR count). The summed E-state index contributed by atoms with van der Waals surface area (Å²) in [5.41, 5.74) is 9.82. The van der Waals surface area contributed by atoms with Gasteiger partial charge in [0.25, 0.3) is 0 Å². The predicted molar refractivity (Wildman–Crippen MR) is 65.1 cm³/mol. The van der Waals surface area contributed by atoms with Crippen molar-refractivity contribution in [2.24, 2.45) is 18.7 Å². The molecule has 4 heteroatoms. The highest BCUT2D eigenvalue weighted by atomic mass is 15.3. The Bertz CT molecular complexity index is 373. The summed E-state index contributed by atoms with van der Waals surface area (Å²) in [6.45, 7) is 9.55. The third kappa shape index (κ3) is 1.99. The molecule has 2 atom stereocenters. The Hall–Kier alpha value is -0.870. The minimum absolute atomic E-state index is 0.331. The molecule has 0 spiro atoms. The summed E-state index contributed by atoms with van der Waals surface area (Å²) in [6.07, 6.45) is 0. The molecule has 1 aromatic rings. The Balaban J connectivity index is 2.10. The van der Waals surface area contributed by atoms with E-state index in [4.69, 9.17) is 5.73 Å².